The third-order valence-electron chi connectivity index (χ3n) is 2.66. The van der Waals surface area contributed by atoms with Gasteiger partial charge in [0.15, 0.2) is 6.61 Å². The van der Waals surface area contributed by atoms with E-state index in [9.17, 15) is 9.59 Å². The average molecular weight is 286 g/mol. The summed E-state index contributed by atoms with van der Waals surface area (Å²) < 4.78 is 5.28. The van der Waals surface area contributed by atoms with Gasteiger partial charge in [-0.3, -0.25) is 4.79 Å². The number of ether oxygens (including phenoxy) is 1. The number of nitrogens with two attached hydrogens (primary N) is 1. The molecule has 1 amide bonds. The number of nitrogen functional groups attached to an aromatic ring is 1. The zero-order valence-corrected chi connectivity index (χ0v) is 11.1. The van der Waals surface area contributed by atoms with Crippen molar-refractivity contribution in [3.8, 4) is 5.75 Å². The summed E-state index contributed by atoms with van der Waals surface area (Å²) in [4.78, 5) is 22.9. The van der Waals surface area contributed by atoms with E-state index >= 15 is 0 Å². The van der Waals surface area contributed by atoms with Gasteiger partial charge in [-0.25, -0.2) is 4.79 Å². The number of hydrogen-bond acceptors (Lipinski definition) is 4. The second-order valence-electron chi connectivity index (χ2n) is 4.26. The van der Waals surface area contributed by atoms with Crippen molar-refractivity contribution in [1.29, 1.82) is 0 Å². The summed E-state index contributed by atoms with van der Waals surface area (Å²) in [7, 11) is 0. The van der Waals surface area contributed by atoms with Crippen LogP contribution in [0.2, 0.25) is 0 Å². The fourth-order valence-corrected chi connectivity index (χ4v) is 1.70. The molecule has 0 aliphatic rings. The van der Waals surface area contributed by atoms with Crippen LogP contribution in [0, 0.1) is 0 Å². The van der Waals surface area contributed by atoms with Gasteiger partial charge >= 0.3 is 5.97 Å². The van der Waals surface area contributed by atoms with Gasteiger partial charge in [0.2, 0.25) is 0 Å². The lowest BCUT2D eigenvalue weighted by Crippen LogP contribution is -2.21. The molecular formula is C15H14N2O4. The monoisotopic (exact) mass is 286 g/mol. The SMILES string of the molecule is Nc1ccc(NC(=O)COc2ccccc2)c(C(=O)O)c1. The molecule has 6 nitrogen and oxygen atoms in total. The number of nitrogens with one attached hydrogen (secondary N) is 1. The fraction of sp³-hybridized carbons (Fsp3) is 0.0667. The Balaban J connectivity index is 2.01. The second-order valence-corrected chi connectivity index (χ2v) is 4.26. The molecule has 21 heavy (non-hydrogen) atoms. The van der Waals surface area contributed by atoms with Crippen LogP contribution >= 0.6 is 0 Å². The molecule has 0 fully saturated rings. The van der Waals surface area contributed by atoms with Crippen molar-refractivity contribution in [3.63, 3.8) is 0 Å². The Morgan fingerprint density at radius 3 is 2.52 bits per heavy atom. The highest BCUT2D eigenvalue weighted by molar-refractivity contribution is 6.01. The van der Waals surface area contributed by atoms with E-state index in [1.807, 2.05) is 6.07 Å². The quantitative estimate of drug-likeness (QED) is 0.729. The van der Waals surface area contributed by atoms with E-state index in [2.05, 4.69) is 5.32 Å². The highest BCUT2D eigenvalue weighted by atomic mass is 16.5. The molecule has 0 aliphatic carbocycles. The summed E-state index contributed by atoms with van der Waals surface area (Å²) >= 11 is 0. The number of hydrogen-bond donors (Lipinski definition) is 3. The number of amides is 1. The number of anilines is 2. The molecule has 0 aliphatic heterocycles. The molecule has 6 heteroatoms. The van der Waals surface area contributed by atoms with Gasteiger partial charge in [0, 0.05) is 5.69 Å². The minimum absolute atomic E-state index is 0.0666. The van der Waals surface area contributed by atoms with Crippen LogP contribution in [0.25, 0.3) is 0 Å². The Labute approximate surface area is 121 Å². The van der Waals surface area contributed by atoms with E-state index in [0.717, 1.165) is 0 Å². The largest absolute Gasteiger partial charge is 0.484 e. The first-order chi connectivity index (χ1) is 10.1. The molecule has 0 bridgehead atoms. The van der Waals surface area contributed by atoms with Crippen LogP contribution in [0.5, 0.6) is 5.75 Å². The standard InChI is InChI=1S/C15H14N2O4/c16-10-6-7-13(12(8-10)15(19)20)17-14(18)9-21-11-4-2-1-3-5-11/h1-8H,9,16H2,(H,17,18)(H,19,20). The molecule has 4 N–H and O–H groups in total. The van der Waals surface area contributed by atoms with Crippen LogP contribution < -0.4 is 15.8 Å². The van der Waals surface area contributed by atoms with Crippen LogP contribution in [0.4, 0.5) is 11.4 Å². The summed E-state index contributed by atoms with van der Waals surface area (Å²) in [5, 5.41) is 11.6. The molecule has 2 aromatic rings. The van der Waals surface area contributed by atoms with Crippen molar-refractivity contribution in [2.24, 2.45) is 0 Å². The minimum Gasteiger partial charge on any atom is -0.484 e. The smallest absolute Gasteiger partial charge is 0.337 e. The molecule has 0 saturated heterocycles. The zero-order valence-electron chi connectivity index (χ0n) is 11.1. The maximum Gasteiger partial charge on any atom is 0.337 e. The van der Waals surface area contributed by atoms with E-state index in [4.69, 9.17) is 15.6 Å². The van der Waals surface area contributed by atoms with Gasteiger partial charge in [-0.2, -0.15) is 0 Å². The molecule has 0 spiro atoms. The van der Waals surface area contributed by atoms with Crippen molar-refractivity contribution < 1.29 is 19.4 Å². The molecule has 0 atom stereocenters. The maximum atomic E-state index is 11.8. The highest BCUT2D eigenvalue weighted by Crippen LogP contribution is 2.19. The number of carboxylic acid groups (broad SMARTS) is 1. The number of carbonyl (C=O) groups excluding carboxylic acids is 1. The van der Waals surface area contributed by atoms with Crippen LogP contribution in [0.3, 0.4) is 0 Å². The van der Waals surface area contributed by atoms with Gasteiger partial charge in [0.1, 0.15) is 5.75 Å². The van der Waals surface area contributed by atoms with Gasteiger partial charge in [0.25, 0.3) is 5.91 Å². The van der Waals surface area contributed by atoms with E-state index < -0.39 is 11.9 Å². The first-order valence-electron chi connectivity index (χ1n) is 6.17. The molecule has 0 saturated carbocycles. The van der Waals surface area contributed by atoms with Crippen LogP contribution in [-0.2, 0) is 4.79 Å². The molecule has 0 radical (unpaired) electrons. The summed E-state index contributed by atoms with van der Waals surface area (Å²) in [5.41, 5.74) is 5.95. The third kappa shape index (κ3) is 3.97. The minimum atomic E-state index is -1.17. The van der Waals surface area contributed by atoms with E-state index in [1.165, 1.54) is 18.2 Å². The normalized spacial score (nSPS) is 9.90. The Morgan fingerprint density at radius 2 is 1.86 bits per heavy atom. The molecule has 0 aromatic heterocycles. The lowest BCUT2D eigenvalue weighted by atomic mass is 10.1. The van der Waals surface area contributed by atoms with Crippen LogP contribution in [0.15, 0.2) is 48.5 Å². The maximum absolute atomic E-state index is 11.8. The lowest BCUT2D eigenvalue weighted by molar-refractivity contribution is -0.118. The third-order valence-corrected chi connectivity index (χ3v) is 2.66. The van der Waals surface area contributed by atoms with Crippen molar-refractivity contribution >= 4 is 23.3 Å². The molecular weight excluding hydrogens is 272 g/mol. The Hall–Kier alpha value is -3.02. The summed E-state index contributed by atoms with van der Waals surface area (Å²) in [6.45, 7) is -0.215. The number of carboxylic acids is 1. The van der Waals surface area contributed by atoms with Gasteiger partial charge in [0.05, 0.1) is 11.3 Å². The first kappa shape index (κ1) is 14.4. The van der Waals surface area contributed by atoms with Gasteiger partial charge < -0.3 is 20.9 Å². The molecule has 0 heterocycles. The van der Waals surface area contributed by atoms with E-state index in [1.54, 1.807) is 24.3 Å². The number of benzene rings is 2. The van der Waals surface area contributed by atoms with E-state index in [0.29, 0.717) is 11.4 Å². The van der Waals surface area contributed by atoms with Gasteiger partial charge in [-0.1, -0.05) is 18.2 Å². The van der Waals surface area contributed by atoms with Gasteiger partial charge in [-0.15, -0.1) is 0 Å². The predicted octanol–water partition coefficient (Wildman–Crippen LogP) is 1.98. The lowest BCUT2D eigenvalue weighted by Gasteiger charge is -2.10. The van der Waals surface area contributed by atoms with E-state index in [-0.39, 0.29) is 17.9 Å². The molecule has 2 aromatic carbocycles. The number of para-hydroxylation sites is 1. The highest BCUT2D eigenvalue weighted by Gasteiger charge is 2.13. The zero-order chi connectivity index (χ0) is 15.2. The van der Waals surface area contributed by atoms with Crippen LogP contribution in [0.1, 0.15) is 10.4 Å². The average Bonchev–Trinajstić information content (AvgIpc) is 2.48. The summed E-state index contributed by atoms with van der Waals surface area (Å²) in [5.74, 6) is -1.06. The number of rotatable bonds is 5. The van der Waals surface area contributed by atoms with Crippen molar-refractivity contribution in [3.05, 3.63) is 54.1 Å². The van der Waals surface area contributed by atoms with Crippen molar-refractivity contribution in [1.82, 2.24) is 0 Å². The Bertz CT molecular complexity index is 656. The fourth-order valence-electron chi connectivity index (χ4n) is 1.70. The molecule has 108 valence electrons. The number of carbonyl (C=O) groups is 2. The predicted molar refractivity (Wildman–Crippen MR) is 78.4 cm³/mol. The van der Waals surface area contributed by atoms with Gasteiger partial charge in [-0.05, 0) is 30.3 Å². The Morgan fingerprint density at radius 1 is 1.14 bits per heavy atom. The summed E-state index contributed by atoms with van der Waals surface area (Å²) in [6.07, 6.45) is 0. The van der Waals surface area contributed by atoms with Crippen molar-refractivity contribution in [2.75, 3.05) is 17.7 Å². The van der Waals surface area contributed by atoms with Crippen LogP contribution in [-0.4, -0.2) is 23.6 Å². The topological polar surface area (TPSA) is 102 Å². The second kappa shape index (κ2) is 6.42. The molecule has 0 unspecified atom stereocenters. The first-order valence-corrected chi connectivity index (χ1v) is 6.17. The van der Waals surface area contributed by atoms with Crippen molar-refractivity contribution in [2.45, 2.75) is 0 Å². The molecule has 2 rings (SSSR count). The Kier molecular flexibility index (Phi) is 4.40. The number of aromatic carboxylic acids is 1. The summed E-state index contributed by atoms with van der Waals surface area (Å²) in [6, 6.07) is 13.1.